The molecular weight excluding hydrogens is 441 g/mol. The molecule has 5 heteroatoms. The van der Waals surface area contributed by atoms with Gasteiger partial charge in [-0.3, -0.25) is 0 Å². The van der Waals surface area contributed by atoms with Crippen LogP contribution in [-0.4, -0.2) is 11.9 Å². The quantitative estimate of drug-likeness (QED) is 0.190. The van der Waals surface area contributed by atoms with E-state index in [2.05, 4.69) is 13.8 Å². The summed E-state index contributed by atoms with van der Waals surface area (Å²) in [5.41, 5.74) is 0. The second-order valence-corrected chi connectivity index (χ2v) is 6.56. The van der Waals surface area contributed by atoms with Crippen LogP contribution in [-0.2, 0) is 36.9 Å². The Hall–Kier alpha value is -0.658. The van der Waals surface area contributed by atoms with Crippen LogP contribution in [0.5, 0.6) is 0 Å². The summed E-state index contributed by atoms with van der Waals surface area (Å²) in [6, 6.07) is 0. The Balaban J connectivity index is -0.000000411. The standard InChI is InChI=1S/2C11H20O2.Cd/c2*1-2-3-4-5-6-7-8-9-10-11(12)13;/h2*9-10H,2-8H2,1H3,(H,12,13);/q;;+2/p-2. The van der Waals surface area contributed by atoms with Gasteiger partial charge in [-0.05, 0) is 37.8 Å². The van der Waals surface area contributed by atoms with Gasteiger partial charge in [-0.15, -0.1) is 0 Å². The molecule has 0 fully saturated rings. The molecule has 0 rings (SSSR count). The molecule has 0 aromatic heterocycles. The third-order valence-electron chi connectivity index (χ3n) is 3.96. The average Bonchev–Trinajstić information content (AvgIpc) is 2.60. The Morgan fingerprint density at radius 1 is 0.593 bits per heavy atom. The second kappa shape index (κ2) is 27.6. The minimum absolute atomic E-state index is 0. The number of aliphatic carboxylic acids is 2. The van der Waals surface area contributed by atoms with Gasteiger partial charge in [0.2, 0.25) is 0 Å². The fourth-order valence-electron chi connectivity index (χ4n) is 2.44. The van der Waals surface area contributed by atoms with E-state index in [1.165, 1.54) is 64.2 Å². The van der Waals surface area contributed by atoms with E-state index in [0.717, 1.165) is 37.8 Å². The summed E-state index contributed by atoms with van der Waals surface area (Å²) in [5, 5.41) is 20.0. The molecule has 0 heterocycles. The van der Waals surface area contributed by atoms with Crippen LogP contribution in [0.15, 0.2) is 24.3 Å². The van der Waals surface area contributed by atoms with Gasteiger partial charge in [0.25, 0.3) is 0 Å². The molecule has 0 aliphatic heterocycles. The molecular formula is C22H38CdO4. The predicted molar refractivity (Wildman–Crippen MR) is 104 cm³/mol. The number of allylic oxidation sites excluding steroid dienone is 2. The number of carbonyl (C=O) groups excluding carboxylic acids is 2. The SMILES string of the molecule is CCCCCCCCC=CC(=O)[O-].CCCCCCCCC=CC(=O)[O-].[Cd+2]. The number of carboxylic acid groups (broad SMARTS) is 2. The molecule has 0 aromatic carbocycles. The summed E-state index contributed by atoms with van der Waals surface area (Å²) in [5.74, 6) is -2.18. The fraction of sp³-hybridized carbons (Fsp3) is 0.727. The molecule has 152 valence electrons. The summed E-state index contributed by atoms with van der Waals surface area (Å²) in [7, 11) is 0. The summed E-state index contributed by atoms with van der Waals surface area (Å²) in [4.78, 5) is 20.0. The zero-order valence-electron chi connectivity index (χ0n) is 17.5. The van der Waals surface area contributed by atoms with Gasteiger partial charge in [-0.25, -0.2) is 0 Å². The summed E-state index contributed by atoms with van der Waals surface area (Å²) >= 11 is 0. The first kappa shape index (κ1) is 31.0. The zero-order valence-corrected chi connectivity index (χ0v) is 21.6. The molecule has 0 saturated carbocycles. The van der Waals surface area contributed by atoms with Crippen LogP contribution < -0.4 is 10.2 Å². The Kier molecular flexibility index (Phi) is 31.7. The normalized spacial score (nSPS) is 10.4. The Bertz CT molecular complexity index is 343. The maximum absolute atomic E-state index is 9.98. The fourth-order valence-corrected chi connectivity index (χ4v) is 2.44. The van der Waals surface area contributed by atoms with Crippen molar-refractivity contribution in [2.45, 2.75) is 104 Å². The van der Waals surface area contributed by atoms with Crippen molar-refractivity contribution in [3.8, 4) is 0 Å². The van der Waals surface area contributed by atoms with Crippen LogP contribution in [0.1, 0.15) is 104 Å². The molecule has 0 aromatic rings. The van der Waals surface area contributed by atoms with Crippen molar-refractivity contribution in [2.75, 3.05) is 0 Å². The minimum Gasteiger partial charge on any atom is -0.545 e. The summed E-state index contributed by atoms with van der Waals surface area (Å²) in [6.45, 7) is 4.39. The van der Waals surface area contributed by atoms with Crippen molar-refractivity contribution in [1.29, 1.82) is 0 Å². The molecule has 0 N–H and O–H groups in total. The molecule has 0 bridgehead atoms. The van der Waals surface area contributed by atoms with Gasteiger partial charge in [0.15, 0.2) is 0 Å². The molecule has 4 nitrogen and oxygen atoms in total. The van der Waals surface area contributed by atoms with Gasteiger partial charge in [0, 0.05) is 0 Å². The molecule has 0 saturated heterocycles. The molecule has 0 atom stereocenters. The van der Waals surface area contributed by atoms with E-state index in [1.807, 2.05) is 0 Å². The summed E-state index contributed by atoms with van der Waals surface area (Å²) in [6.07, 6.45) is 22.2. The molecule has 27 heavy (non-hydrogen) atoms. The van der Waals surface area contributed by atoms with Crippen molar-refractivity contribution in [3.05, 3.63) is 24.3 Å². The number of hydrogen-bond acceptors (Lipinski definition) is 4. The van der Waals surface area contributed by atoms with Gasteiger partial charge in [-0.1, -0.05) is 90.2 Å². The second-order valence-electron chi connectivity index (χ2n) is 6.56. The molecule has 0 spiro atoms. The van der Waals surface area contributed by atoms with Crippen LogP contribution in [0.4, 0.5) is 0 Å². The minimum atomic E-state index is -1.09. The largest absolute Gasteiger partial charge is 2.00 e. The first-order valence-electron chi connectivity index (χ1n) is 10.3. The van der Waals surface area contributed by atoms with Crippen molar-refractivity contribution in [3.63, 3.8) is 0 Å². The van der Waals surface area contributed by atoms with E-state index in [1.54, 1.807) is 12.2 Å². The monoisotopic (exact) mass is 480 g/mol. The number of unbranched alkanes of at least 4 members (excludes halogenated alkanes) is 12. The van der Waals surface area contributed by atoms with E-state index in [4.69, 9.17) is 0 Å². The van der Waals surface area contributed by atoms with Gasteiger partial charge in [-0.2, -0.15) is 0 Å². The van der Waals surface area contributed by atoms with E-state index in [0.29, 0.717) is 0 Å². The van der Waals surface area contributed by atoms with E-state index in [9.17, 15) is 19.8 Å². The number of carboxylic acids is 2. The van der Waals surface area contributed by atoms with Crippen molar-refractivity contribution in [1.82, 2.24) is 0 Å². The molecule has 0 amide bonds. The Morgan fingerprint density at radius 2 is 0.889 bits per heavy atom. The number of hydrogen-bond donors (Lipinski definition) is 0. The van der Waals surface area contributed by atoms with Gasteiger partial charge >= 0.3 is 27.3 Å². The third-order valence-corrected chi connectivity index (χ3v) is 3.96. The average molecular weight is 479 g/mol. The van der Waals surface area contributed by atoms with Crippen molar-refractivity contribution in [2.24, 2.45) is 0 Å². The maximum atomic E-state index is 9.98. The zero-order chi connectivity index (χ0) is 19.9. The number of rotatable bonds is 16. The van der Waals surface area contributed by atoms with Crippen LogP contribution in [0.25, 0.3) is 0 Å². The third kappa shape index (κ3) is 36.9. The first-order valence-corrected chi connectivity index (χ1v) is 10.3. The topological polar surface area (TPSA) is 80.3 Å². The van der Waals surface area contributed by atoms with Gasteiger partial charge < -0.3 is 19.8 Å². The summed E-state index contributed by atoms with van der Waals surface area (Å²) < 4.78 is 0. The van der Waals surface area contributed by atoms with E-state index >= 15 is 0 Å². The number of carbonyl (C=O) groups is 2. The maximum Gasteiger partial charge on any atom is 2.00 e. The van der Waals surface area contributed by atoms with Crippen LogP contribution in [0, 0.1) is 0 Å². The Morgan fingerprint density at radius 3 is 1.19 bits per heavy atom. The van der Waals surface area contributed by atoms with Crippen LogP contribution in [0.2, 0.25) is 0 Å². The molecule has 0 aliphatic carbocycles. The molecule has 0 aliphatic rings. The molecule has 0 unspecified atom stereocenters. The first-order chi connectivity index (χ1) is 12.5. The van der Waals surface area contributed by atoms with Crippen molar-refractivity contribution < 1.29 is 47.1 Å². The van der Waals surface area contributed by atoms with E-state index in [-0.39, 0.29) is 27.3 Å². The van der Waals surface area contributed by atoms with Gasteiger partial charge in [0.1, 0.15) is 0 Å². The van der Waals surface area contributed by atoms with E-state index < -0.39 is 11.9 Å². The predicted octanol–water partition coefficient (Wildman–Crippen LogP) is 4.08. The van der Waals surface area contributed by atoms with Crippen LogP contribution in [0.3, 0.4) is 0 Å². The van der Waals surface area contributed by atoms with Crippen LogP contribution >= 0.6 is 0 Å². The smallest absolute Gasteiger partial charge is 0.545 e. The van der Waals surface area contributed by atoms with Crippen molar-refractivity contribution >= 4 is 11.9 Å². The van der Waals surface area contributed by atoms with Gasteiger partial charge in [0.05, 0.1) is 11.9 Å². The Labute approximate surface area is 186 Å². The molecule has 0 radical (unpaired) electrons.